The number of aryl methyl sites for hydroxylation is 1. The van der Waals surface area contributed by atoms with Crippen LogP contribution in [0.15, 0.2) is 10.6 Å². The van der Waals surface area contributed by atoms with Crippen molar-refractivity contribution in [3.05, 3.63) is 17.5 Å². The molecule has 1 atom stereocenters. The highest BCUT2D eigenvalue weighted by Gasteiger charge is 2.13. The molecule has 1 unspecified atom stereocenters. The zero-order chi connectivity index (χ0) is 11.3. The van der Waals surface area contributed by atoms with E-state index in [-0.39, 0.29) is 0 Å². The molecule has 0 aliphatic heterocycles. The predicted octanol–water partition coefficient (Wildman–Crippen LogP) is 1.74. The molecule has 86 valence electrons. The van der Waals surface area contributed by atoms with Crippen molar-refractivity contribution in [3.63, 3.8) is 0 Å². The highest BCUT2D eigenvalue weighted by atomic mass is 16.5. The summed E-state index contributed by atoms with van der Waals surface area (Å²) in [5.41, 5.74) is 0.916. The van der Waals surface area contributed by atoms with Crippen LogP contribution in [0, 0.1) is 12.8 Å². The summed E-state index contributed by atoms with van der Waals surface area (Å²) in [4.78, 5) is 0. The molecule has 0 saturated carbocycles. The highest BCUT2D eigenvalue weighted by molar-refractivity contribution is 5.02. The van der Waals surface area contributed by atoms with Crippen LogP contribution < -0.4 is 5.32 Å². The van der Waals surface area contributed by atoms with Gasteiger partial charge in [-0.15, -0.1) is 0 Å². The second-order valence-electron chi connectivity index (χ2n) is 4.12. The van der Waals surface area contributed by atoms with E-state index in [0.29, 0.717) is 25.1 Å². The topological polar surface area (TPSA) is 47.3 Å². The molecule has 0 radical (unpaired) electrons. The summed E-state index contributed by atoms with van der Waals surface area (Å²) < 4.78 is 10.3. The van der Waals surface area contributed by atoms with Gasteiger partial charge in [-0.2, -0.15) is 0 Å². The number of methoxy groups -OCH3 is 1. The van der Waals surface area contributed by atoms with Crippen LogP contribution >= 0.6 is 0 Å². The lowest BCUT2D eigenvalue weighted by Crippen LogP contribution is -2.37. The second kappa shape index (κ2) is 5.88. The molecule has 0 bridgehead atoms. The van der Waals surface area contributed by atoms with Gasteiger partial charge in [0.05, 0.1) is 18.8 Å². The minimum absolute atomic E-state index is 0.348. The lowest BCUT2D eigenvalue weighted by Gasteiger charge is -2.20. The third-order valence-electron chi connectivity index (χ3n) is 2.37. The molecule has 0 saturated heterocycles. The molecule has 15 heavy (non-hydrogen) atoms. The molecule has 4 nitrogen and oxygen atoms in total. The lowest BCUT2D eigenvalue weighted by molar-refractivity contribution is 0.144. The first-order valence-electron chi connectivity index (χ1n) is 5.28. The first kappa shape index (κ1) is 12.2. The van der Waals surface area contributed by atoms with Gasteiger partial charge in [0, 0.05) is 19.2 Å². The van der Waals surface area contributed by atoms with Crippen LogP contribution in [-0.2, 0) is 11.3 Å². The number of nitrogens with zero attached hydrogens (tertiary/aromatic N) is 1. The second-order valence-corrected chi connectivity index (χ2v) is 4.12. The molecular weight excluding hydrogens is 192 g/mol. The largest absolute Gasteiger partial charge is 0.383 e. The van der Waals surface area contributed by atoms with E-state index in [1.54, 1.807) is 7.11 Å². The van der Waals surface area contributed by atoms with Crippen molar-refractivity contribution in [1.29, 1.82) is 0 Å². The third kappa shape index (κ3) is 4.01. The smallest absolute Gasteiger partial charge is 0.150 e. The van der Waals surface area contributed by atoms with Crippen LogP contribution in [0.25, 0.3) is 0 Å². The molecule has 1 aromatic heterocycles. The fourth-order valence-electron chi connectivity index (χ4n) is 1.40. The molecule has 4 heteroatoms. The zero-order valence-electron chi connectivity index (χ0n) is 9.91. The van der Waals surface area contributed by atoms with Crippen molar-refractivity contribution in [2.24, 2.45) is 5.92 Å². The van der Waals surface area contributed by atoms with Crippen LogP contribution in [-0.4, -0.2) is 24.9 Å². The number of hydrogen-bond donors (Lipinski definition) is 1. The maximum Gasteiger partial charge on any atom is 0.150 e. The average molecular weight is 212 g/mol. The normalized spacial score (nSPS) is 13.4. The number of nitrogens with one attached hydrogen (secondary N) is 1. The van der Waals surface area contributed by atoms with Gasteiger partial charge in [-0.1, -0.05) is 19.0 Å². The van der Waals surface area contributed by atoms with Gasteiger partial charge in [0.25, 0.3) is 0 Å². The van der Waals surface area contributed by atoms with Crippen molar-refractivity contribution >= 4 is 0 Å². The van der Waals surface area contributed by atoms with Gasteiger partial charge in [-0.3, -0.25) is 0 Å². The predicted molar refractivity (Wildman–Crippen MR) is 58.6 cm³/mol. The molecule has 0 spiro atoms. The summed E-state index contributed by atoms with van der Waals surface area (Å²) >= 11 is 0. The van der Waals surface area contributed by atoms with Crippen molar-refractivity contribution < 1.29 is 9.26 Å². The van der Waals surface area contributed by atoms with Crippen LogP contribution in [0.4, 0.5) is 0 Å². The maximum atomic E-state index is 5.15. The lowest BCUT2D eigenvalue weighted by atomic mass is 10.1. The van der Waals surface area contributed by atoms with Gasteiger partial charge in [0.2, 0.25) is 0 Å². The summed E-state index contributed by atoms with van der Waals surface area (Å²) in [5, 5.41) is 7.23. The highest BCUT2D eigenvalue weighted by Crippen LogP contribution is 2.06. The Balaban J connectivity index is 2.39. The minimum Gasteiger partial charge on any atom is -0.383 e. The Morgan fingerprint density at radius 3 is 2.73 bits per heavy atom. The number of aromatic nitrogens is 1. The average Bonchev–Trinajstić information content (AvgIpc) is 2.58. The van der Waals surface area contributed by atoms with Gasteiger partial charge in [-0.25, -0.2) is 0 Å². The third-order valence-corrected chi connectivity index (χ3v) is 2.37. The number of hydrogen-bond acceptors (Lipinski definition) is 4. The van der Waals surface area contributed by atoms with E-state index in [1.165, 1.54) is 0 Å². The molecule has 0 aliphatic carbocycles. The van der Waals surface area contributed by atoms with Gasteiger partial charge >= 0.3 is 0 Å². The van der Waals surface area contributed by atoms with E-state index in [2.05, 4.69) is 24.3 Å². The summed E-state index contributed by atoms with van der Waals surface area (Å²) in [5.74, 6) is 1.41. The van der Waals surface area contributed by atoms with Gasteiger partial charge < -0.3 is 14.6 Å². The van der Waals surface area contributed by atoms with Gasteiger partial charge in [-0.05, 0) is 12.8 Å². The van der Waals surface area contributed by atoms with Crippen molar-refractivity contribution in [2.75, 3.05) is 13.7 Å². The van der Waals surface area contributed by atoms with Crippen molar-refractivity contribution in [3.8, 4) is 0 Å². The fraction of sp³-hybridized carbons (Fsp3) is 0.727. The molecule has 1 aromatic rings. The van der Waals surface area contributed by atoms with Gasteiger partial charge in [0.1, 0.15) is 0 Å². The van der Waals surface area contributed by atoms with Crippen molar-refractivity contribution in [2.45, 2.75) is 33.4 Å². The number of rotatable bonds is 6. The molecule has 1 N–H and O–H groups in total. The number of ether oxygens (including phenoxy) is 1. The van der Waals surface area contributed by atoms with Crippen LogP contribution in [0.3, 0.4) is 0 Å². The van der Waals surface area contributed by atoms with Crippen LogP contribution in [0.2, 0.25) is 0 Å². The first-order chi connectivity index (χ1) is 7.13. The van der Waals surface area contributed by atoms with Crippen molar-refractivity contribution in [1.82, 2.24) is 10.5 Å². The van der Waals surface area contributed by atoms with Crippen LogP contribution in [0.1, 0.15) is 25.3 Å². The molecule has 1 heterocycles. The van der Waals surface area contributed by atoms with Gasteiger partial charge in [0.15, 0.2) is 5.76 Å². The standard InChI is InChI=1S/C11H20N2O2/c1-8(2)11(7-14-4)12-6-10-5-9(3)13-15-10/h5,8,11-12H,6-7H2,1-4H3. The Morgan fingerprint density at radius 2 is 2.27 bits per heavy atom. The summed E-state index contributed by atoms with van der Waals surface area (Å²) in [6.45, 7) is 7.67. The van der Waals surface area contributed by atoms with E-state index >= 15 is 0 Å². The summed E-state index contributed by atoms with van der Waals surface area (Å²) in [6.07, 6.45) is 0. The monoisotopic (exact) mass is 212 g/mol. The molecule has 0 aliphatic rings. The van der Waals surface area contributed by atoms with E-state index in [0.717, 1.165) is 11.5 Å². The quantitative estimate of drug-likeness (QED) is 0.780. The molecular formula is C11H20N2O2. The molecule has 0 aromatic carbocycles. The SMILES string of the molecule is COCC(NCc1cc(C)no1)C(C)C. The molecule has 0 amide bonds. The van der Waals surface area contributed by atoms with E-state index < -0.39 is 0 Å². The Bertz CT molecular complexity index is 284. The van der Waals surface area contributed by atoms with E-state index in [9.17, 15) is 0 Å². The first-order valence-corrected chi connectivity index (χ1v) is 5.28. The fourth-order valence-corrected chi connectivity index (χ4v) is 1.40. The maximum absolute atomic E-state index is 5.15. The van der Waals surface area contributed by atoms with Crippen LogP contribution in [0.5, 0.6) is 0 Å². The molecule has 1 rings (SSSR count). The summed E-state index contributed by atoms with van der Waals surface area (Å²) in [7, 11) is 1.72. The Hall–Kier alpha value is -0.870. The van der Waals surface area contributed by atoms with E-state index in [4.69, 9.17) is 9.26 Å². The van der Waals surface area contributed by atoms with E-state index in [1.807, 2.05) is 13.0 Å². The Kier molecular flexibility index (Phi) is 4.78. The zero-order valence-corrected chi connectivity index (χ0v) is 9.91. The minimum atomic E-state index is 0.348. The summed E-state index contributed by atoms with van der Waals surface area (Å²) in [6, 6.07) is 2.29. The Morgan fingerprint density at radius 1 is 1.53 bits per heavy atom. The Labute approximate surface area is 91.0 Å². The molecule has 0 fully saturated rings.